The average molecular weight is 248 g/mol. The molecule has 0 spiro atoms. The maximum absolute atomic E-state index is 6.39. The summed E-state index contributed by atoms with van der Waals surface area (Å²) in [6.45, 7) is 4.18. The van der Waals surface area contributed by atoms with E-state index in [4.69, 9.17) is 11.1 Å². The molecule has 0 amide bonds. The number of pyridine rings is 1. The molecule has 0 fully saturated rings. The van der Waals surface area contributed by atoms with Crippen molar-refractivity contribution in [2.24, 2.45) is 0 Å². The van der Waals surface area contributed by atoms with Gasteiger partial charge in [-0.15, -0.1) is 0 Å². The zero-order valence-electron chi connectivity index (χ0n) is 9.44. The molecule has 0 saturated carbocycles. The smallest absolute Gasteiger partial charge is 0.202 e. The molecule has 0 N–H and O–H groups in total. The third kappa shape index (κ3) is 2.51. The topological polar surface area (TPSA) is 12.9 Å². The van der Waals surface area contributed by atoms with Crippen LogP contribution in [0.25, 0.3) is 11.3 Å². The van der Waals surface area contributed by atoms with Crippen LogP contribution in [0.1, 0.15) is 0 Å². The zero-order chi connectivity index (χ0) is 11.6. The van der Waals surface area contributed by atoms with Crippen molar-refractivity contribution < 1.29 is 0 Å². The van der Waals surface area contributed by atoms with Crippen LogP contribution in [0.5, 0.6) is 0 Å². The highest BCUT2D eigenvalue weighted by Crippen LogP contribution is 2.16. The van der Waals surface area contributed by atoms with E-state index in [0.717, 1.165) is 16.6 Å². The number of nitrogens with zero attached hydrogens (tertiary/aromatic N) is 1. The van der Waals surface area contributed by atoms with Gasteiger partial charge in [0.25, 0.3) is 0 Å². The Hall–Kier alpha value is -1.12. The third-order valence-corrected chi connectivity index (χ3v) is 4.51. The molecule has 2 aromatic rings. The molecule has 0 aliphatic rings. The van der Waals surface area contributed by atoms with Crippen LogP contribution in [-0.4, -0.2) is 12.4 Å². The lowest BCUT2D eigenvalue weighted by Crippen LogP contribution is -2.37. The van der Waals surface area contributed by atoms with Gasteiger partial charge in [0.05, 0.1) is 5.69 Å². The molecule has 1 aromatic carbocycles. The molecule has 2 rings (SSSR count). The van der Waals surface area contributed by atoms with Gasteiger partial charge in [-0.25, -0.2) is 0 Å². The van der Waals surface area contributed by atoms with Crippen LogP contribution < -0.4 is 5.32 Å². The maximum Gasteiger partial charge on any atom is 0.202 e. The van der Waals surface area contributed by atoms with E-state index < -0.39 is 7.38 Å². The summed E-state index contributed by atoms with van der Waals surface area (Å²) in [6.07, 6.45) is 0. The van der Waals surface area contributed by atoms with Gasteiger partial charge in [-0.1, -0.05) is 49.5 Å². The Morgan fingerprint density at radius 1 is 0.938 bits per heavy atom. The standard InChI is InChI=1S/C13H14ClNSi/c1-16(2,14)13-10-6-9-12(15-13)11-7-4-3-5-8-11/h3-10H,1-2H3. The van der Waals surface area contributed by atoms with E-state index >= 15 is 0 Å². The molecule has 0 radical (unpaired) electrons. The Balaban J connectivity index is 2.45. The summed E-state index contributed by atoms with van der Waals surface area (Å²) < 4.78 is 0. The molecule has 0 unspecified atom stereocenters. The Labute approximate surface area is 102 Å². The highest BCUT2D eigenvalue weighted by atomic mass is 35.6. The van der Waals surface area contributed by atoms with Gasteiger partial charge >= 0.3 is 0 Å². The summed E-state index contributed by atoms with van der Waals surface area (Å²) in [6, 6.07) is 16.3. The molecule has 82 valence electrons. The van der Waals surface area contributed by atoms with E-state index in [2.05, 4.69) is 30.2 Å². The average Bonchev–Trinajstić information content (AvgIpc) is 2.29. The third-order valence-electron chi connectivity index (χ3n) is 2.43. The van der Waals surface area contributed by atoms with Crippen molar-refractivity contribution in [1.29, 1.82) is 0 Å². The van der Waals surface area contributed by atoms with Crippen LogP contribution in [0.2, 0.25) is 13.1 Å². The molecule has 16 heavy (non-hydrogen) atoms. The van der Waals surface area contributed by atoms with Crippen molar-refractivity contribution in [3.63, 3.8) is 0 Å². The molecule has 1 aromatic heterocycles. The van der Waals surface area contributed by atoms with Gasteiger partial charge in [0.1, 0.15) is 0 Å². The largest absolute Gasteiger partial charge is 0.256 e. The minimum absolute atomic E-state index is 0.999. The Morgan fingerprint density at radius 2 is 1.62 bits per heavy atom. The van der Waals surface area contributed by atoms with Crippen LogP contribution in [0.4, 0.5) is 0 Å². The van der Waals surface area contributed by atoms with E-state index in [9.17, 15) is 0 Å². The van der Waals surface area contributed by atoms with Gasteiger partial charge in [-0.05, 0) is 12.1 Å². The van der Waals surface area contributed by atoms with Gasteiger partial charge in [0, 0.05) is 10.9 Å². The number of rotatable bonds is 2. The summed E-state index contributed by atoms with van der Waals surface area (Å²) in [5.74, 6) is 0. The monoisotopic (exact) mass is 247 g/mol. The second-order valence-electron chi connectivity index (χ2n) is 4.25. The summed E-state index contributed by atoms with van der Waals surface area (Å²) in [7, 11) is -1.84. The fourth-order valence-electron chi connectivity index (χ4n) is 1.54. The van der Waals surface area contributed by atoms with Gasteiger partial charge in [-0.2, -0.15) is 11.1 Å². The minimum Gasteiger partial charge on any atom is -0.256 e. The van der Waals surface area contributed by atoms with Crippen molar-refractivity contribution in [3.05, 3.63) is 48.5 Å². The SMILES string of the molecule is C[Si](C)(Cl)c1cccc(-c2ccccc2)n1. The Kier molecular flexibility index (Phi) is 3.12. The molecule has 1 nitrogen and oxygen atoms in total. The fourth-order valence-corrected chi connectivity index (χ4v) is 2.73. The molecular formula is C13H14ClNSi. The first kappa shape index (κ1) is 11.4. The minimum atomic E-state index is -1.84. The van der Waals surface area contributed by atoms with E-state index in [1.165, 1.54) is 0 Å². The summed E-state index contributed by atoms with van der Waals surface area (Å²) >= 11 is 6.39. The predicted octanol–water partition coefficient (Wildman–Crippen LogP) is 3.40. The van der Waals surface area contributed by atoms with Crippen LogP contribution in [0, 0.1) is 0 Å². The van der Waals surface area contributed by atoms with E-state index in [-0.39, 0.29) is 0 Å². The second-order valence-corrected chi connectivity index (χ2v) is 10.5. The fraction of sp³-hybridized carbons (Fsp3) is 0.154. The molecule has 3 heteroatoms. The Morgan fingerprint density at radius 3 is 2.25 bits per heavy atom. The lowest BCUT2D eigenvalue weighted by atomic mass is 10.1. The number of hydrogen-bond donors (Lipinski definition) is 0. The van der Waals surface area contributed by atoms with Crippen molar-refractivity contribution in [1.82, 2.24) is 4.98 Å². The van der Waals surface area contributed by atoms with Crippen LogP contribution in [0.15, 0.2) is 48.5 Å². The molecular weight excluding hydrogens is 234 g/mol. The van der Waals surface area contributed by atoms with Crippen molar-refractivity contribution in [3.8, 4) is 11.3 Å². The normalized spacial score (nSPS) is 11.4. The number of hydrogen-bond acceptors (Lipinski definition) is 1. The lowest BCUT2D eigenvalue weighted by Gasteiger charge is -2.13. The first-order valence-electron chi connectivity index (χ1n) is 5.29. The van der Waals surface area contributed by atoms with Crippen molar-refractivity contribution in [2.75, 3.05) is 0 Å². The van der Waals surface area contributed by atoms with E-state index in [1.807, 2.05) is 36.4 Å². The molecule has 0 bridgehead atoms. The first-order chi connectivity index (χ1) is 7.57. The lowest BCUT2D eigenvalue weighted by molar-refractivity contribution is 1.36. The van der Waals surface area contributed by atoms with Crippen molar-refractivity contribution >= 4 is 23.8 Å². The quantitative estimate of drug-likeness (QED) is 0.586. The second kappa shape index (κ2) is 4.40. The number of aromatic nitrogens is 1. The number of benzene rings is 1. The molecule has 0 aliphatic heterocycles. The molecule has 1 heterocycles. The molecule has 0 atom stereocenters. The highest BCUT2D eigenvalue weighted by Gasteiger charge is 2.22. The zero-order valence-corrected chi connectivity index (χ0v) is 11.2. The molecule has 0 aliphatic carbocycles. The predicted molar refractivity (Wildman–Crippen MR) is 72.6 cm³/mol. The first-order valence-corrected chi connectivity index (χ1v) is 9.30. The van der Waals surface area contributed by atoms with E-state index in [0.29, 0.717) is 0 Å². The van der Waals surface area contributed by atoms with Crippen LogP contribution in [-0.2, 0) is 0 Å². The van der Waals surface area contributed by atoms with Gasteiger partial charge in [-0.3, -0.25) is 4.98 Å². The maximum atomic E-state index is 6.39. The van der Waals surface area contributed by atoms with E-state index in [1.54, 1.807) is 0 Å². The summed E-state index contributed by atoms with van der Waals surface area (Å²) in [5.41, 5.74) is 2.14. The van der Waals surface area contributed by atoms with Crippen LogP contribution in [0.3, 0.4) is 0 Å². The highest BCUT2D eigenvalue weighted by molar-refractivity contribution is 7.25. The summed E-state index contributed by atoms with van der Waals surface area (Å²) in [5, 5.41) is 1.04. The van der Waals surface area contributed by atoms with Crippen LogP contribution >= 0.6 is 11.1 Å². The van der Waals surface area contributed by atoms with Gasteiger partial charge in [0.2, 0.25) is 7.38 Å². The summed E-state index contributed by atoms with van der Waals surface area (Å²) in [4.78, 5) is 4.64. The molecule has 0 saturated heterocycles. The van der Waals surface area contributed by atoms with Crippen molar-refractivity contribution in [2.45, 2.75) is 13.1 Å². The Bertz CT molecular complexity index is 477. The van der Waals surface area contributed by atoms with Gasteiger partial charge < -0.3 is 0 Å². The number of halogens is 1. The van der Waals surface area contributed by atoms with Gasteiger partial charge in [0.15, 0.2) is 0 Å².